The molecule has 1 unspecified atom stereocenters. The van der Waals surface area contributed by atoms with Gasteiger partial charge in [0.05, 0.1) is 6.07 Å². The fourth-order valence-corrected chi connectivity index (χ4v) is 2.84. The summed E-state index contributed by atoms with van der Waals surface area (Å²) in [5.41, 5.74) is -0.377. The minimum atomic E-state index is -0.377. The van der Waals surface area contributed by atoms with Gasteiger partial charge in [-0.25, -0.2) is 0 Å². The van der Waals surface area contributed by atoms with Gasteiger partial charge in [0, 0.05) is 18.8 Å². The molecule has 1 aliphatic rings. The first-order chi connectivity index (χ1) is 9.04. The Balaban J connectivity index is 1.73. The summed E-state index contributed by atoms with van der Waals surface area (Å²) < 4.78 is 2.00. The van der Waals surface area contributed by atoms with Gasteiger partial charge in [0.1, 0.15) is 11.4 Å². The number of hydrogen-bond donors (Lipinski definition) is 1. The second-order valence-electron chi connectivity index (χ2n) is 5.40. The van der Waals surface area contributed by atoms with Crippen LogP contribution in [0.5, 0.6) is 0 Å². The second kappa shape index (κ2) is 5.93. The lowest BCUT2D eigenvalue weighted by Crippen LogP contribution is -2.42. The van der Waals surface area contributed by atoms with Crippen molar-refractivity contribution in [2.24, 2.45) is 7.05 Å². The molecule has 0 amide bonds. The summed E-state index contributed by atoms with van der Waals surface area (Å²) in [6.45, 7) is 3.95. The lowest BCUT2D eigenvalue weighted by atomic mass is 9.98. The Labute approximate surface area is 118 Å². The Morgan fingerprint density at radius 3 is 2.79 bits per heavy atom. The molecule has 6 heteroatoms. The van der Waals surface area contributed by atoms with Crippen molar-refractivity contribution >= 4 is 11.8 Å². The van der Waals surface area contributed by atoms with Crippen molar-refractivity contribution in [3.05, 3.63) is 5.82 Å². The van der Waals surface area contributed by atoms with E-state index in [2.05, 4.69) is 21.6 Å². The van der Waals surface area contributed by atoms with E-state index in [9.17, 15) is 5.26 Å². The second-order valence-corrected chi connectivity index (χ2v) is 6.47. The number of aromatic nitrogens is 3. The topological polar surface area (TPSA) is 66.5 Å². The first-order valence-corrected chi connectivity index (χ1v) is 7.70. The minimum absolute atomic E-state index is 0.377. The molecule has 2 rings (SSSR count). The number of nitrogens with zero attached hydrogens (tertiary/aromatic N) is 4. The fourth-order valence-electron chi connectivity index (χ4n) is 1.94. The molecule has 1 atom stereocenters. The number of rotatable bonds is 7. The van der Waals surface area contributed by atoms with Gasteiger partial charge in [0.15, 0.2) is 5.16 Å². The Bertz CT molecular complexity index is 474. The molecule has 1 aromatic heterocycles. The monoisotopic (exact) mass is 279 g/mol. The fraction of sp³-hybridized carbons (Fsp3) is 0.769. The standard InChI is InChI=1S/C13H21N5S/c1-10-16-17-12(18(10)3)19-8-4-7-13(2,9-14)15-11-5-6-11/h11,15H,4-8H2,1-3H3. The number of thioether (sulfide) groups is 1. The minimum Gasteiger partial charge on any atom is -0.309 e. The van der Waals surface area contributed by atoms with E-state index in [1.165, 1.54) is 12.8 Å². The van der Waals surface area contributed by atoms with Crippen LogP contribution in [0.15, 0.2) is 5.16 Å². The lowest BCUT2D eigenvalue weighted by molar-refractivity contribution is 0.411. The molecule has 1 saturated carbocycles. The SMILES string of the molecule is Cc1nnc(SCCCC(C)(C#N)NC2CC2)n1C. The van der Waals surface area contributed by atoms with Crippen molar-refractivity contribution in [2.75, 3.05) is 5.75 Å². The van der Waals surface area contributed by atoms with Crippen LogP contribution in [0.3, 0.4) is 0 Å². The zero-order chi connectivity index (χ0) is 13.9. The van der Waals surface area contributed by atoms with Crippen molar-refractivity contribution in [2.45, 2.75) is 56.3 Å². The first-order valence-electron chi connectivity index (χ1n) is 6.72. The Kier molecular flexibility index (Phi) is 4.48. The number of hydrogen-bond acceptors (Lipinski definition) is 5. The summed E-state index contributed by atoms with van der Waals surface area (Å²) in [4.78, 5) is 0. The zero-order valence-electron chi connectivity index (χ0n) is 11.8. The van der Waals surface area contributed by atoms with Gasteiger partial charge < -0.3 is 4.57 Å². The first kappa shape index (κ1) is 14.4. The van der Waals surface area contributed by atoms with Gasteiger partial charge >= 0.3 is 0 Å². The molecule has 1 fully saturated rings. The largest absolute Gasteiger partial charge is 0.309 e. The van der Waals surface area contributed by atoms with Gasteiger partial charge in [0.25, 0.3) is 0 Å². The molecular formula is C13H21N5S. The smallest absolute Gasteiger partial charge is 0.190 e. The van der Waals surface area contributed by atoms with E-state index >= 15 is 0 Å². The van der Waals surface area contributed by atoms with Gasteiger partial charge in [-0.05, 0) is 39.5 Å². The van der Waals surface area contributed by atoms with E-state index in [4.69, 9.17) is 0 Å². The molecule has 104 valence electrons. The zero-order valence-corrected chi connectivity index (χ0v) is 12.6. The average molecular weight is 279 g/mol. The highest BCUT2D eigenvalue weighted by atomic mass is 32.2. The van der Waals surface area contributed by atoms with Crippen molar-refractivity contribution in [3.8, 4) is 6.07 Å². The number of nitrogens with one attached hydrogen (secondary N) is 1. The van der Waals surface area contributed by atoms with Gasteiger partial charge in [-0.2, -0.15) is 5.26 Å². The summed E-state index contributed by atoms with van der Waals surface area (Å²) in [6, 6.07) is 2.98. The predicted octanol–water partition coefficient (Wildman–Crippen LogP) is 2.03. The molecule has 1 aromatic rings. The molecule has 1 heterocycles. The molecule has 0 bridgehead atoms. The molecule has 5 nitrogen and oxygen atoms in total. The Morgan fingerprint density at radius 2 is 2.26 bits per heavy atom. The summed E-state index contributed by atoms with van der Waals surface area (Å²) >= 11 is 1.71. The van der Waals surface area contributed by atoms with Crippen LogP contribution in [-0.4, -0.2) is 32.1 Å². The van der Waals surface area contributed by atoms with Crippen LogP contribution in [0, 0.1) is 18.3 Å². The van der Waals surface area contributed by atoms with E-state index < -0.39 is 0 Å². The Morgan fingerprint density at radius 1 is 1.53 bits per heavy atom. The third-order valence-electron chi connectivity index (χ3n) is 3.45. The van der Waals surface area contributed by atoms with Crippen LogP contribution in [0.2, 0.25) is 0 Å². The molecule has 1 N–H and O–H groups in total. The molecule has 0 saturated heterocycles. The normalized spacial score (nSPS) is 18.0. The molecular weight excluding hydrogens is 258 g/mol. The maximum atomic E-state index is 9.28. The van der Waals surface area contributed by atoms with E-state index in [0.717, 1.165) is 29.6 Å². The summed E-state index contributed by atoms with van der Waals surface area (Å²) in [5.74, 6) is 1.90. The molecule has 0 spiro atoms. The number of nitriles is 1. The quantitative estimate of drug-likeness (QED) is 0.611. The van der Waals surface area contributed by atoms with Crippen LogP contribution in [0.25, 0.3) is 0 Å². The van der Waals surface area contributed by atoms with E-state index in [1.807, 2.05) is 25.5 Å². The summed E-state index contributed by atoms with van der Waals surface area (Å²) in [5, 5.41) is 21.8. The highest BCUT2D eigenvalue weighted by Crippen LogP contribution is 2.25. The maximum Gasteiger partial charge on any atom is 0.190 e. The maximum absolute atomic E-state index is 9.28. The third-order valence-corrected chi connectivity index (χ3v) is 4.56. The van der Waals surface area contributed by atoms with Gasteiger partial charge in [0.2, 0.25) is 0 Å². The molecule has 0 radical (unpaired) electrons. The van der Waals surface area contributed by atoms with E-state index in [1.54, 1.807) is 11.8 Å². The van der Waals surface area contributed by atoms with Crippen LogP contribution >= 0.6 is 11.8 Å². The third kappa shape index (κ3) is 3.95. The molecule has 0 aromatic carbocycles. The van der Waals surface area contributed by atoms with Crippen molar-refractivity contribution < 1.29 is 0 Å². The average Bonchev–Trinajstić information content (AvgIpc) is 3.14. The van der Waals surface area contributed by atoms with Crippen molar-refractivity contribution in [1.82, 2.24) is 20.1 Å². The molecule has 1 aliphatic carbocycles. The highest BCUT2D eigenvalue weighted by molar-refractivity contribution is 7.99. The predicted molar refractivity (Wildman–Crippen MR) is 75.9 cm³/mol. The van der Waals surface area contributed by atoms with Gasteiger partial charge in [-0.1, -0.05) is 11.8 Å². The Hall–Kier alpha value is -1.06. The van der Waals surface area contributed by atoms with Gasteiger partial charge in [-0.3, -0.25) is 5.32 Å². The molecule has 19 heavy (non-hydrogen) atoms. The van der Waals surface area contributed by atoms with Crippen molar-refractivity contribution in [1.29, 1.82) is 5.26 Å². The summed E-state index contributed by atoms with van der Waals surface area (Å²) in [7, 11) is 1.98. The van der Waals surface area contributed by atoms with E-state index in [0.29, 0.717) is 6.04 Å². The summed E-state index contributed by atoms with van der Waals surface area (Å²) in [6.07, 6.45) is 4.30. The van der Waals surface area contributed by atoms with Crippen molar-refractivity contribution in [3.63, 3.8) is 0 Å². The lowest BCUT2D eigenvalue weighted by Gasteiger charge is -2.22. The number of aryl methyl sites for hydroxylation is 1. The van der Waals surface area contributed by atoms with Crippen LogP contribution in [0.4, 0.5) is 0 Å². The van der Waals surface area contributed by atoms with Crippen LogP contribution in [-0.2, 0) is 7.05 Å². The van der Waals surface area contributed by atoms with E-state index in [-0.39, 0.29) is 5.54 Å². The molecule has 0 aliphatic heterocycles. The van der Waals surface area contributed by atoms with Crippen LogP contribution in [0.1, 0.15) is 38.4 Å². The van der Waals surface area contributed by atoms with Crippen LogP contribution < -0.4 is 5.32 Å². The van der Waals surface area contributed by atoms with Gasteiger partial charge in [-0.15, -0.1) is 10.2 Å². The highest BCUT2D eigenvalue weighted by Gasteiger charge is 2.31.